The Balaban J connectivity index is 2.19. The van der Waals surface area contributed by atoms with Crippen LogP contribution in [0, 0.1) is 11.3 Å². The topological polar surface area (TPSA) is 45.0 Å². The van der Waals surface area contributed by atoms with Gasteiger partial charge in [-0.15, -0.1) is 0 Å². The van der Waals surface area contributed by atoms with Crippen LogP contribution in [0.1, 0.15) is 11.1 Å². The minimum atomic E-state index is 0.542. The number of benzene rings is 2. The van der Waals surface area contributed by atoms with Gasteiger partial charge in [-0.25, -0.2) is 0 Å². The number of rotatable bonds is 4. The predicted molar refractivity (Wildman–Crippen MR) is 76.5 cm³/mol. The summed E-state index contributed by atoms with van der Waals surface area (Å²) in [6.07, 6.45) is 0. The predicted octanol–water partition coefficient (Wildman–Crippen LogP) is 3.83. The molecule has 3 nitrogen and oxygen atoms in total. The number of ether oxygens (including phenoxy) is 1. The molecular weight excluding hydrogens is 260 g/mol. The summed E-state index contributed by atoms with van der Waals surface area (Å²) >= 11 is 5.97. The summed E-state index contributed by atoms with van der Waals surface area (Å²) in [5, 5.41) is 12.9. The maximum Gasteiger partial charge on any atom is 0.142 e. The Morgan fingerprint density at radius 1 is 1.26 bits per heavy atom. The van der Waals surface area contributed by atoms with Gasteiger partial charge in [-0.3, -0.25) is 0 Å². The van der Waals surface area contributed by atoms with Crippen LogP contribution in [0.25, 0.3) is 0 Å². The van der Waals surface area contributed by atoms with E-state index in [0.29, 0.717) is 17.1 Å². The Morgan fingerprint density at radius 3 is 2.79 bits per heavy atom. The van der Waals surface area contributed by atoms with Gasteiger partial charge >= 0.3 is 0 Å². The summed E-state index contributed by atoms with van der Waals surface area (Å²) in [6.45, 7) is 0.542. The largest absolute Gasteiger partial charge is 0.495 e. The number of methoxy groups -OCH3 is 1. The molecule has 0 bridgehead atoms. The van der Waals surface area contributed by atoms with Crippen LogP contribution in [0.15, 0.2) is 42.5 Å². The molecule has 0 aliphatic rings. The van der Waals surface area contributed by atoms with Crippen LogP contribution < -0.4 is 10.1 Å². The molecule has 2 aromatic carbocycles. The van der Waals surface area contributed by atoms with E-state index < -0.39 is 0 Å². The minimum Gasteiger partial charge on any atom is -0.495 e. The van der Waals surface area contributed by atoms with E-state index in [9.17, 15) is 0 Å². The lowest BCUT2D eigenvalue weighted by atomic mass is 10.1. The number of halogens is 1. The summed E-state index contributed by atoms with van der Waals surface area (Å²) in [7, 11) is 1.61. The molecule has 4 heteroatoms. The number of anilines is 1. The van der Waals surface area contributed by atoms with Crippen molar-refractivity contribution in [2.45, 2.75) is 6.54 Å². The van der Waals surface area contributed by atoms with Crippen LogP contribution in [-0.4, -0.2) is 7.11 Å². The van der Waals surface area contributed by atoms with Gasteiger partial charge in [0, 0.05) is 11.6 Å². The molecule has 0 saturated carbocycles. The van der Waals surface area contributed by atoms with Gasteiger partial charge in [0.15, 0.2) is 0 Å². The Bertz CT molecular complexity index is 620. The number of nitrogens with zero attached hydrogens (tertiary/aromatic N) is 1. The maximum atomic E-state index is 9.04. The standard InChI is InChI=1S/C15H13ClN2O/c1-19-15-7-6-13(16)8-14(15)18-10-12-5-3-2-4-11(12)9-17/h2-8,18H,10H2,1H3. The van der Waals surface area contributed by atoms with Crippen molar-refractivity contribution in [3.63, 3.8) is 0 Å². The number of nitriles is 1. The van der Waals surface area contributed by atoms with E-state index in [-0.39, 0.29) is 0 Å². The van der Waals surface area contributed by atoms with Crippen molar-refractivity contribution in [3.8, 4) is 11.8 Å². The molecule has 0 aliphatic carbocycles. The van der Waals surface area contributed by atoms with E-state index in [4.69, 9.17) is 21.6 Å². The quantitative estimate of drug-likeness (QED) is 0.920. The Hall–Kier alpha value is -2.18. The normalized spacial score (nSPS) is 9.74. The average molecular weight is 273 g/mol. The molecule has 96 valence electrons. The third-order valence-corrected chi connectivity index (χ3v) is 3.00. The maximum absolute atomic E-state index is 9.04. The first kappa shape index (κ1) is 13.3. The molecule has 19 heavy (non-hydrogen) atoms. The van der Waals surface area contributed by atoms with Gasteiger partial charge in [-0.05, 0) is 29.8 Å². The number of hydrogen-bond donors (Lipinski definition) is 1. The Labute approximate surface area is 117 Å². The number of hydrogen-bond acceptors (Lipinski definition) is 3. The van der Waals surface area contributed by atoms with Crippen LogP contribution >= 0.6 is 11.6 Å². The molecule has 0 aromatic heterocycles. The first-order valence-electron chi connectivity index (χ1n) is 5.80. The van der Waals surface area contributed by atoms with Crippen LogP contribution in [0.4, 0.5) is 5.69 Å². The zero-order chi connectivity index (χ0) is 13.7. The molecule has 0 atom stereocenters. The summed E-state index contributed by atoms with van der Waals surface area (Å²) in [5.74, 6) is 0.721. The van der Waals surface area contributed by atoms with Crippen molar-refractivity contribution in [3.05, 3.63) is 58.6 Å². The highest BCUT2D eigenvalue weighted by atomic mass is 35.5. The Morgan fingerprint density at radius 2 is 2.05 bits per heavy atom. The molecule has 1 N–H and O–H groups in total. The monoisotopic (exact) mass is 272 g/mol. The second-order valence-corrected chi connectivity index (χ2v) is 4.40. The average Bonchev–Trinajstić information content (AvgIpc) is 2.45. The van der Waals surface area contributed by atoms with Crippen molar-refractivity contribution in [1.29, 1.82) is 5.26 Å². The molecule has 0 spiro atoms. The summed E-state index contributed by atoms with van der Waals surface area (Å²) in [6, 6.07) is 15.0. The minimum absolute atomic E-state index is 0.542. The third kappa shape index (κ3) is 3.18. The second-order valence-electron chi connectivity index (χ2n) is 3.97. The fourth-order valence-corrected chi connectivity index (χ4v) is 1.96. The second kappa shape index (κ2) is 6.12. The lowest BCUT2D eigenvalue weighted by Crippen LogP contribution is -2.03. The molecule has 0 unspecified atom stereocenters. The van der Waals surface area contributed by atoms with Crippen LogP contribution in [0.5, 0.6) is 5.75 Å². The van der Waals surface area contributed by atoms with E-state index in [1.165, 1.54) is 0 Å². The molecule has 0 amide bonds. The van der Waals surface area contributed by atoms with Crippen LogP contribution in [-0.2, 0) is 6.54 Å². The molecule has 0 aliphatic heterocycles. The highest BCUT2D eigenvalue weighted by molar-refractivity contribution is 6.30. The zero-order valence-corrected chi connectivity index (χ0v) is 11.2. The lowest BCUT2D eigenvalue weighted by molar-refractivity contribution is 0.416. The van der Waals surface area contributed by atoms with E-state index in [1.807, 2.05) is 18.2 Å². The van der Waals surface area contributed by atoms with Gasteiger partial charge in [0.2, 0.25) is 0 Å². The van der Waals surface area contributed by atoms with Gasteiger partial charge in [0.25, 0.3) is 0 Å². The zero-order valence-electron chi connectivity index (χ0n) is 10.5. The molecule has 0 saturated heterocycles. The number of nitrogens with one attached hydrogen (secondary N) is 1. The fraction of sp³-hybridized carbons (Fsp3) is 0.133. The van der Waals surface area contributed by atoms with Crippen LogP contribution in [0.3, 0.4) is 0 Å². The first-order chi connectivity index (χ1) is 9.24. The smallest absolute Gasteiger partial charge is 0.142 e. The highest BCUT2D eigenvalue weighted by Gasteiger charge is 2.05. The highest BCUT2D eigenvalue weighted by Crippen LogP contribution is 2.28. The Kier molecular flexibility index (Phi) is 4.27. The van der Waals surface area contributed by atoms with Gasteiger partial charge in [-0.2, -0.15) is 5.26 Å². The summed E-state index contributed by atoms with van der Waals surface area (Å²) in [5.41, 5.74) is 2.41. The molecule has 0 fully saturated rings. The van der Waals surface area contributed by atoms with E-state index in [0.717, 1.165) is 17.0 Å². The molecule has 2 aromatic rings. The molecule has 0 heterocycles. The van der Waals surface area contributed by atoms with Gasteiger partial charge in [-0.1, -0.05) is 29.8 Å². The van der Waals surface area contributed by atoms with Gasteiger partial charge in [0.1, 0.15) is 5.75 Å². The SMILES string of the molecule is COc1ccc(Cl)cc1NCc1ccccc1C#N. The first-order valence-corrected chi connectivity index (χ1v) is 6.18. The third-order valence-electron chi connectivity index (χ3n) is 2.77. The van der Waals surface area contributed by atoms with Crippen LogP contribution in [0.2, 0.25) is 5.02 Å². The summed E-state index contributed by atoms with van der Waals surface area (Å²) < 4.78 is 5.26. The van der Waals surface area contributed by atoms with Gasteiger partial charge in [0.05, 0.1) is 24.4 Å². The van der Waals surface area contributed by atoms with Gasteiger partial charge < -0.3 is 10.1 Å². The van der Waals surface area contributed by atoms with Crippen molar-refractivity contribution < 1.29 is 4.74 Å². The van der Waals surface area contributed by atoms with Crippen molar-refractivity contribution in [2.24, 2.45) is 0 Å². The fourth-order valence-electron chi connectivity index (χ4n) is 1.79. The van der Waals surface area contributed by atoms with E-state index in [1.54, 1.807) is 31.4 Å². The van der Waals surface area contributed by atoms with Crippen molar-refractivity contribution in [2.75, 3.05) is 12.4 Å². The lowest BCUT2D eigenvalue weighted by Gasteiger charge is -2.12. The van der Waals surface area contributed by atoms with E-state index in [2.05, 4.69) is 11.4 Å². The molecule has 2 rings (SSSR count). The molecule has 0 radical (unpaired) electrons. The van der Waals surface area contributed by atoms with Crippen molar-refractivity contribution >= 4 is 17.3 Å². The molecular formula is C15H13ClN2O. The summed E-state index contributed by atoms with van der Waals surface area (Å²) in [4.78, 5) is 0. The van der Waals surface area contributed by atoms with Crippen molar-refractivity contribution in [1.82, 2.24) is 0 Å². The van der Waals surface area contributed by atoms with E-state index >= 15 is 0 Å².